The Morgan fingerprint density at radius 1 is 1.15 bits per heavy atom. The highest BCUT2D eigenvalue weighted by atomic mass is 35.5. The Labute approximate surface area is 168 Å². The standard InChI is InChI=1S/C20H20Cl2N4O/c1-12-10-24-19(9-16(12)17-11-25-26(3)13(17)2)20(27)23-7-6-14-8-15(21)4-5-18(14)22/h4-5,8-11H,6-7H2,1-3H3,(H,23,27). The maximum absolute atomic E-state index is 12.5. The van der Waals surface area contributed by atoms with E-state index >= 15 is 0 Å². The van der Waals surface area contributed by atoms with Crippen LogP contribution in [-0.2, 0) is 13.5 Å². The Hall–Kier alpha value is -2.37. The maximum atomic E-state index is 12.5. The zero-order valence-electron chi connectivity index (χ0n) is 15.4. The molecule has 0 saturated heterocycles. The number of nitrogens with zero attached hydrogens (tertiary/aromatic N) is 3. The van der Waals surface area contributed by atoms with Crippen molar-refractivity contribution in [2.24, 2.45) is 7.05 Å². The Kier molecular flexibility index (Phi) is 5.82. The molecule has 5 nitrogen and oxygen atoms in total. The summed E-state index contributed by atoms with van der Waals surface area (Å²) in [7, 11) is 1.89. The number of rotatable bonds is 5. The van der Waals surface area contributed by atoms with Gasteiger partial charge < -0.3 is 5.32 Å². The lowest BCUT2D eigenvalue weighted by molar-refractivity contribution is 0.0949. The summed E-state index contributed by atoms with van der Waals surface area (Å²) >= 11 is 12.2. The van der Waals surface area contributed by atoms with Crippen LogP contribution in [0.2, 0.25) is 10.0 Å². The lowest BCUT2D eigenvalue weighted by Gasteiger charge is -2.10. The number of carbonyl (C=O) groups excluding carboxylic acids is 1. The van der Waals surface area contributed by atoms with Crippen LogP contribution < -0.4 is 5.32 Å². The number of carbonyl (C=O) groups is 1. The van der Waals surface area contributed by atoms with E-state index in [1.807, 2.05) is 31.6 Å². The fraction of sp³-hybridized carbons (Fsp3) is 0.250. The summed E-state index contributed by atoms with van der Waals surface area (Å²) in [4.78, 5) is 16.8. The van der Waals surface area contributed by atoms with Crippen molar-refractivity contribution in [1.29, 1.82) is 0 Å². The van der Waals surface area contributed by atoms with E-state index in [1.165, 1.54) is 0 Å². The lowest BCUT2D eigenvalue weighted by atomic mass is 10.0. The van der Waals surface area contributed by atoms with Crippen molar-refractivity contribution < 1.29 is 4.79 Å². The van der Waals surface area contributed by atoms with Gasteiger partial charge in [0.15, 0.2) is 0 Å². The molecule has 0 saturated carbocycles. The second-order valence-corrected chi connectivity index (χ2v) is 7.24. The van der Waals surface area contributed by atoms with Gasteiger partial charge in [0.05, 0.1) is 6.20 Å². The van der Waals surface area contributed by atoms with Crippen molar-refractivity contribution in [3.63, 3.8) is 0 Å². The van der Waals surface area contributed by atoms with Crippen molar-refractivity contribution in [2.75, 3.05) is 6.54 Å². The molecule has 0 unspecified atom stereocenters. The van der Waals surface area contributed by atoms with Crippen LogP contribution in [0.4, 0.5) is 0 Å². The third-order valence-corrected chi connectivity index (χ3v) is 5.15. The SMILES string of the molecule is Cc1cnc(C(=O)NCCc2cc(Cl)ccc2Cl)cc1-c1cnn(C)c1C. The van der Waals surface area contributed by atoms with Gasteiger partial charge in [-0.2, -0.15) is 5.10 Å². The van der Waals surface area contributed by atoms with Gasteiger partial charge in [0.25, 0.3) is 5.91 Å². The third-order valence-electron chi connectivity index (χ3n) is 4.55. The summed E-state index contributed by atoms with van der Waals surface area (Å²) in [5.74, 6) is -0.226. The topological polar surface area (TPSA) is 59.8 Å². The number of halogens is 2. The number of aromatic nitrogens is 3. The zero-order chi connectivity index (χ0) is 19.6. The molecule has 3 aromatic rings. The van der Waals surface area contributed by atoms with Crippen molar-refractivity contribution in [2.45, 2.75) is 20.3 Å². The Morgan fingerprint density at radius 3 is 2.63 bits per heavy atom. The molecular formula is C20H20Cl2N4O. The van der Waals surface area contributed by atoms with Crippen molar-refractivity contribution in [3.05, 3.63) is 69.2 Å². The second-order valence-electron chi connectivity index (χ2n) is 6.39. The van der Waals surface area contributed by atoms with Crippen LogP contribution in [0.25, 0.3) is 11.1 Å². The highest BCUT2D eigenvalue weighted by Gasteiger charge is 2.14. The third kappa shape index (κ3) is 4.31. The summed E-state index contributed by atoms with van der Waals surface area (Å²) in [5.41, 5.74) is 5.25. The highest BCUT2D eigenvalue weighted by molar-refractivity contribution is 6.33. The van der Waals surface area contributed by atoms with Crippen LogP contribution in [0.1, 0.15) is 27.3 Å². The van der Waals surface area contributed by atoms with Gasteiger partial charge in [-0.3, -0.25) is 14.5 Å². The Bertz CT molecular complexity index is 998. The van der Waals surface area contributed by atoms with Crippen LogP contribution in [-0.4, -0.2) is 27.2 Å². The minimum atomic E-state index is -0.226. The number of hydrogen-bond donors (Lipinski definition) is 1. The molecule has 27 heavy (non-hydrogen) atoms. The first-order valence-corrected chi connectivity index (χ1v) is 9.30. The average molecular weight is 403 g/mol. The predicted molar refractivity (Wildman–Crippen MR) is 108 cm³/mol. The fourth-order valence-corrected chi connectivity index (χ4v) is 3.24. The van der Waals surface area contributed by atoms with E-state index in [2.05, 4.69) is 15.4 Å². The Morgan fingerprint density at radius 2 is 1.93 bits per heavy atom. The van der Waals surface area contributed by atoms with Crippen LogP contribution in [0.5, 0.6) is 0 Å². The molecule has 0 bridgehead atoms. The fourth-order valence-electron chi connectivity index (χ4n) is 2.84. The molecule has 1 aromatic carbocycles. The first-order chi connectivity index (χ1) is 12.9. The second kappa shape index (κ2) is 8.11. The van der Waals surface area contributed by atoms with E-state index in [4.69, 9.17) is 23.2 Å². The molecule has 140 valence electrons. The lowest BCUT2D eigenvalue weighted by Crippen LogP contribution is -2.26. The van der Waals surface area contributed by atoms with E-state index in [9.17, 15) is 4.79 Å². The van der Waals surface area contributed by atoms with Gasteiger partial charge in [-0.25, -0.2) is 0 Å². The van der Waals surface area contributed by atoms with Crippen LogP contribution >= 0.6 is 23.2 Å². The van der Waals surface area contributed by atoms with Crippen LogP contribution in [0.3, 0.4) is 0 Å². The largest absolute Gasteiger partial charge is 0.350 e. The molecule has 0 radical (unpaired) electrons. The molecule has 0 aliphatic heterocycles. The number of hydrogen-bond acceptors (Lipinski definition) is 3. The summed E-state index contributed by atoms with van der Waals surface area (Å²) < 4.78 is 1.81. The van der Waals surface area contributed by atoms with Gasteiger partial charge in [-0.1, -0.05) is 23.2 Å². The van der Waals surface area contributed by atoms with Crippen LogP contribution in [0.15, 0.2) is 36.7 Å². The van der Waals surface area contributed by atoms with E-state index in [1.54, 1.807) is 30.6 Å². The van der Waals surface area contributed by atoms with E-state index < -0.39 is 0 Å². The molecule has 2 heterocycles. The summed E-state index contributed by atoms with van der Waals surface area (Å²) in [5, 5.41) is 8.43. The summed E-state index contributed by atoms with van der Waals surface area (Å²) in [6, 6.07) is 7.11. The molecule has 0 aliphatic rings. The normalized spacial score (nSPS) is 10.9. The molecule has 0 atom stereocenters. The van der Waals surface area contributed by atoms with Gasteiger partial charge in [0, 0.05) is 41.1 Å². The summed E-state index contributed by atoms with van der Waals surface area (Å²) in [6.07, 6.45) is 4.11. The molecule has 7 heteroatoms. The van der Waals surface area contributed by atoms with Gasteiger partial charge >= 0.3 is 0 Å². The van der Waals surface area contributed by atoms with Gasteiger partial charge in [-0.15, -0.1) is 0 Å². The predicted octanol–water partition coefficient (Wildman–Crippen LogP) is 4.38. The van der Waals surface area contributed by atoms with E-state index in [0.29, 0.717) is 28.7 Å². The van der Waals surface area contributed by atoms with Crippen molar-refractivity contribution >= 4 is 29.1 Å². The van der Waals surface area contributed by atoms with Gasteiger partial charge in [-0.05, 0) is 61.2 Å². The minimum Gasteiger partial charge on any atom is -0.350 e. The van der Waals surface area contributed by atoms with Crippen molar-refractivity contribution in [3.8, 4) is 11.1 Å². The number of aryl methyl sites for hydroxylation is 2. The molecule has 0 aliphatic carbocycles. The van der Waals surface area contributed by atoms with E-state index in [-0.39, 0.29) is 5.91 Å². The molecule has 2 aromatic heterocycles. The summed E-state index contributed by atoms with van der Waals surface area (Å²) in [6.45, 7) is 4.41. The molecule has 1 N–H and O–H groups in total. The zero-order valence-corrected chi connectivity index (χ0v) is 16.9. The average Bonchev–Trinajstić information content (AvgIpc) is 2.97. The number of amides is 1. The smallest absolute Gasteiger partial charge is 0.269 e. The molecule has 0 fully saturated rings. The molecule has 0 spiro atoms. The molecule has 3 rings (SSSR count). The Balaban J connectivity index is 1.73. The quantitative estimate of drug-likeness (QED) is 0.688. The van der Waals surface area contributed by atoms with E-state index in [0.717, 1.165) is 27.9 Å². The first kappa shape index (κ1) is 19.4. The number of benzene rings is 1. The monoisotopic (exact) mass is 402 g/mol. The molecule has 1 amide bonds. The molecular weight excluding hydrogens is 383 g/mol. The minimum absolute atomic E-state index is 0.226. The van der Waals surface area contributed by atoms with Gasteiger partial charge in [0.2, 0.25) is 0 Å². The number of pyridine rings is 1. The first-order valence-electron chi connectivity index (χ1n) is 8.54. The maximum Gasteiger partial charge on any atom is 0.269 e. The number of nitrogens with one attached hydrogen (secondary N) is 1. The van der Waals surface area contributed by atoms with Crippen LogP contribution in [0, 0.1) is 13.8 Å². The van der Waals surface area contributed by atoms with Gasteiger partial charge in [0.1, 0.15) is 5.69 Å². The van der Waals surface area contributed by atoms with Crippen molar-refractivity contribution in [1.82, 2.24) is 20.1 Å². The highest BCUT2D eigenvalue weighted by Crippen LogP contribution is 2.26.